The Hall–Kier alpha value is -4.39. The maximum Gasteiger partial charge on any atom is 0.335 e. The van der Waals surface area contributed by atoms with Gasteiger partial charge in [-0.15, -0.1) is 0 Å². The van der Waals surface area contributed by atoms with E-state index in [2.05, 4.69) is 152 Å². The van der Waals surface area contributed by atoms with Gasteiger partial charge in [0.1, 0.15) is 36.6 Å². The van der Waals surface area contributed by atoms with Gasteiger partial charge in [0.25, 0.3) is 0 Å². The number of aliphatic hydroxyl groups excluding tert-OH is 7. The Morgan fingerprint density at radius 3 is 1.23 bits per heavy atom. The van der Waals surface area contributed by atoms with Crippen molar-refractivity contribution in [3.63, 3.8) is 0 Å². The van der Waals surface area contributed by atoms with Crippen molar-refractivity contribution in [3.05, 3.63) is 57.7 Å². The molecule has 2 aliphatic heterocycles. The number of carbonyl (C=O) groups excluding carboxylic acids is 5. The normalized spacial score (nSPS) is 28.5. The SMILES string of the molecule is C=CC1O[C@H]2C[C@H]3OC[C@@]3(OC(C)=O)[C@H]3[C@H](C)[C@]4(C(C)(C)O)C[C@H](OC(=O)C(O)[C@@H](C)CC(C)C)C=C4[C@H](C)[C@H](O1)[C@]23C.CC[C@H](C)C(C)(C)[C@@H](O)[C@@H](C)/C(C)=C(\C)C(C)OC(=O)C(C)[C@@H](C)CC(C)C.CC[C@H](C)C(C)(C)[C@@H](O)[C@@H](O)/C(C)=C(\C)C(C)OC(=O)C(C)[C@@H](C)CC(C)C.CC[C@H](O)C(C)(C)[C@@H](O)[C@@H](C)/C(C)=C(\C)C(C)OC(=O)C(O)[C@@H](C)CC(C)C. The van der Waals surface area contributed by atoms with Crippen LogP contribution in [0.2, 0.25) is 0 Å². The lowest BCUT2D eigenvalue weighted by Gasteiger charge is -2.68. The molecule has 8 N–H and O–H groups in total. The van der Waals surface area contributed by atoms with E-state index in [9.17, 15) is 64.8 Å². The Kier molecular flexibility index (Phi) is 46.0. The van der Waals surface area contributed by atoms with Gasteiger partial charge in [0.2, 0.25) is 0 Å². The summed E-state index contributed by atoms with van der Waals surface area (Å²) >= 11 is 0. The van der Waals surface area contributed by atoms with E-state index >= 15 is 0 Å². The molecule has 2 heterocycles. The lowest BCUT2D eigenvalue weighted by Crippen LogP contribution is -2.78. The quantitative estimate of drug-likeness (QED) is 0.0160. The van der Waals surface area contributed by atoms with Crippen LogP contribution in [0.4, 0.5) is 0 Å². The Morgan fingerprint density at radius 2 is 0.866 bits per heavy atom. The van der Waals surface area contributed by atoms with Crippen LogP contribution < -0.4 is 0 Å². The molecule has 3 aliphatic carbocycles. The molecule has 127 heavy (non-hydrogen) atoms. The van der Waals surface area contributed by atoms with Gasteiger partial charge in [-0.3, -0.25) is 14.4 Å². The number of hydrogen-bond acceptors (Lipinski definition) is 21. The molecule has 4 fully saturated rings. The van der Waals surface area contributed by atoms with E-state index in [1.54, 1.807) is 13.0 Å². The van der Waals surface area contributed by atoms with Crippen LogP contribution in [0.15, 0.2) is 57.7 Å². The molecule has 740 valence electrons. The number of aliphatic hydroxyl groups is 8. The monoisotopic (exact) mass is 1800 g/mol. The average molecular weight is 1800 g/mol. The molecular formula is C106H190O21. The number of rotatable bonds is 41. The third-order valence-electron chi connectivity index (χ3n) is 32.4. The zero-order valence-electron chi connectivity index (χ0n) is 87.8. The number of ether oxygens (including phenoxy) is 8. The highest BCUT2D eigenvalue weighted by Crippen LogP contribution is 2.71. The van der Waals surface area contributed by atoms with Crippen molar-refractivity contribution in [2.75, 3.05) is 6.61 Å². The van der Waals surface area contributed by atoms with E-state index in [4.69, 9.17) is 37.9 Å². The highest BCUT2D eigenvalue weighted by atomic mass is 16.7. The topological polar surface area (TPSA) is 321 Å². The van der Waals surface area contributed by atoms with Gasteiger partial charge in [-0.05, 0) is 219 Å². The van der Waals surface area contributed by atoms with Crippen molar-refractivity contribution < 1.29 is 103 Å². The van der Waals surface area contributed by atoms with Gasteiger partial charge < -0.3 is 78.7 Å². The summed E-state index contributed by atoms with van der Waals surface area (Å²) in [4.78, 5) is 63.3. The van der Waals surface area contributed by atoms with Gasteiger partial charge in [0.15, 0.2) is 24.1 Å². The van der Waals surface area contributed by atoms with Gasteiger partial charge >= 0.3 is 29.8 Å². The van der Waals surface area contributed by atoms with Crippen molar-refractivity contribution >= 4 is 29.8 Å². The number of carbonyl (C=O) groups is 5. The molecule has 0 radical (unpaired) electrons. The molecule has 31 atom stereocenters. The summed E-state index contributed by atoms with van der Waals surface area (Å²) in [6, 6.07) is 0. The fourth-order valence-electron chi connectivity index (χ4n) is 21.4. The van der Waals surface area contributed by atoms with E-state index < -0.39 is 112 Å². The fourth-order valence-corrected chi connectivity index (χ4v) is 21.4. The largest absolute Gasteiger partial charge is 0.458 e. The van der Waals surface area contributed by atoms with Crippen molar-refractivity contribution in [3.8, 4) is 0 Å². The fraction of sp³-hybridized carbons (Fsp3) is 0.858. The molecule has 5 rings (SSSR count). The molecule has 0 aromatic carbocycles. The number of esters is 5. The number of fused-ring (bicyclic) bond motifs is 3. The van der Waals surface area contributed by atoms with Crippen LogP contribution in [0.5, 0.6) is 0 Å². The van der Waals surface area contributed by atoms with E-state index in [1.807, 2.05) is 138 Å². The minimum atomic E-state index is -1.26. The predicted octanol–water partition coefficient (Wildman–Crippen LogP) is 20.4. The summed E-state index contributed by atoms with van der Waals surface area (Å²) in [5.74, 6) is -0.563. The molecule has 0 amide bonds. The Labute approximate surface area is 772 Å². The molecule has 0 spiro atoms. The van der Waals surface area contributed by atoms with Crippen LogP contribution in [0.25, 0.3) is 0 Å². The van der Waals surface area contributed by atoms with Gasteiger partial charge in [-0.2, -0.15) is 0 Å². The highest BCUT2D eigenvalue weighted by molar-refractivity contribution is 5.76. The zero-order chi connectivity index (χ0) is 99.0. The van der Waals surface area contributed by atoms with Crippen molar-refractivity contribution in [1.82, 2.24) is 0 Å². The van der Waals surface area contributed by atoms with Crippen LogP contribution in [0.1, 0.15) is 349 Å². The first-order chi connectivity index (χ1) is 58.0. The predicted molar refractivity (Wildman–Crippen MR) is 509 cm³/mol. The maximum absolute atomic E-state index is 13.2. The first kappa shape index (κ1) is 119. The standard InChI is InChI=1S/C34H52O9.C25H48O3.C24H46O4.C23H44O5/c1-11-26-41-24-14-25-34(16-39-25,43-21(7)35)28-20(6)33(31(8,9)38)15-22(40-30(37)27(36)18(4)12-17(2)3)13-23(33)19(5)29(42-26)32(24,28)10;1-13-17(5)25(11,12)23(26)21(9)19(7)20(8)22(10)28-24(27)18(6)16(4)14-15(2)3;1-12-16(5)24(10,11)22(26)21(25)19(8)18(7)20(9)28-23(27)17(6)15(4)13-14(2)3;1-11-19(24)23(9,10)21(26)17(7)15(5)16(6)18(8)28-22(27)20(25)14(4)12-13(2)3/h11,13,17-20,22,24-29,36,38H,1,12,14-16H2,2-10H3;15-18,21-23,26H,13-14H2,1-12H3;14-17,20-22,25-26H,12-13H2,1-11H3;13-14,17-21,24-26H,11-12H2,1-10H3/b;20-19+;19-18+;16-15+/t18-,19-,20-,22+,24-,25+,26?,27?,28-,29-,32+,33+,34-;16-,17-,18?,21-,22?,23-;15-,16-,17?,20?,21-,22-;14-,17-,18?,19-,20?,21-/m0000/s1. The molecule has 21 heteroatoms. The van der Waals surface area contributed by atoms with Crippen LogP contribution in [0, 0.1) is 128 Å². The van der Waals surface area contributed by atoms with Crippen molar-refractivity contribution in [1.29, 1.82) is 0 Å². The molecule has 2 saturated heterocycles. The Balaban J connectivity index is 0.000000588. The molecule has 0 aromatic rings. The van der Waals surface area contributed by atoms with E-state index in [-0.39, 0.29) is 119 Å². The van der Waals surface area contributed by atoms with Gasteiger partial charge in [0.05, 0.1) is 60.7 Å². The van der Waals surface area contributed by atoms with Crippen LogP contribution >= 0.6 is 0 Å². The minimum absolute atomic E-state index is 0.0161. The molecular weight excluding hydrogens is 1610 g/mol. The summed E-state index contributed by atoms with van der Waals surface area (Å²) in [5, 5.41) is 86.9. The molecule has 8 unspecified atom stereocenters. The van der Waals surface area contributed by atoms with E-state index in [1.165, 1.54) is 6.92 Å². The third kappa shape index (κ3) is 28.6. The van der Waals surface area contributed by atoms with Gasteiger partial charge in [-0.1, -0.05) is 244 Å². The summed E-state index contributed by atoms with van der Waals surface area (Å²) in [5.41, 5.74) is 1.45. The molecule has 0 bridgehead atoms. The molecule has 21 nitrogen and oxygen atoms in total. The maximum atomic E-state index is 13.2. The molecule has 0 aromatic heterocycles. The first-order valence-electron chi connectivity index (χ1n) is 48.8. The van der Waals surface area contributed by atoms with Crippen molar-refractivity contribution in [2.24, 2.45) is 128 Å². The summed E-state index contributed by atoms with van der Waals surface area (Å²) in [6.45, 7) is 87.8. The zero-order valence-corrected chi connectivity index (χ0v) is 87.8. The van der Waals surface area contributed by atoms with E-state index in [0.29, 0.717) is 66.8 Å². The smallest absolute Gasteiger partial charge is 0.335 e. The first-order valence-corrected chi connectivity index (χ1v) is 48.8. The lowest BCUT2D eigenvalue weighted by atomic mass is 9.47. The van der Waals surface area contributed by atoms with E-state index in [0.717, 1.165) is 65.5 Å². The van der Waals surface area contributed by atoms with Crippen LogP contribution in [-0.2, 0) is 61.9 Å². The lowest BCUT2D eigenvalue weighted by molar-refractivity contribution is -0.387. The summed E-state index contributed by atoms with van der Waals surface area (Å²) in [6.07, 6.45) is 0.946. The molecule has 5 aliphatic rings. The second-order valence-electron chi connectivity index (χ2n) is 44.7. The van der Waals surface area contributed by atoms with Gasteiger partial charge in [0, 0.05) is 59.7 Å². The van der Waals surface area contributed by atoms with Crippen LogP contribution in [0.3, 0.4) is 0 Å². The number of hydrogen-bond donors (Lipinski definition) is 8. The molecule has 2 saturated carbocycles. The minimum Gasteiger partial charge on any atom is -0.458 e. The second kappa shape index (κ2) is 49.2. The third-order valence-corrected chi connectivity index (χ3v) is 32.4. The average Bonchev–Trinajstić information content (AvgIpc) is 1.53. The second-order valence-corrected chi connectivity index (χ2v) is 44.7. The Bertz CT molecular complexity index is 3390. The summed E-state index contributed by atoms with van der Waals surface area (Å²) in [7, 11) is 0. The van der Waals surface area contributed by atoms with Crippen LogP contribution in [-0.4, -0.2) is 180 Å². The van der Waals surface area contributed by atoms with Gasteiger partial charge in [-0.25, -0.2) is 9.59 Å². The Morgan fingerprint density at radius 1 is 0.488 bits per heavy atom. The summed E-state index contributed by atoms with van der Waals surface area (Å²) < 4.78 is 48.5. The highest BCUT2D eigenvalue weighted by Gasteiger charge is 2.78. The van der Waals surface area contributed by atoms with Crippen molar-refractivity contribution in [2.45, 2.75) is 452 Å².